The van der Waals surface area contributed by atoms with E-state index in [1.54, 1.807) is 0 Å². The van der Waals surface area contributed by atoms with Crippen molar-refractivity contribution < 1.29 is 0 Å². The second-order valence-corrected chi connectivity index (χ2v) is 5.06. The Balaban J connectivity index is 1.84. The summed E-state index contributed by atoms with van der Waals surface area (Å²) in [7, 11) is 0. The van der Waals surface area contributed by atoms with Crippen molar-refractivity contribution in [3.63, 3.8) is 0 Å². The number of thiocarbonyl (C=S) groups is 1. The zero-order chi connectivity index (χ0) is 12.1. The molecule has 0 saturated carbocycles. The number of hydrogen-bond acceptors (Lipinski definition) is 2. The average molecular weight is 262 g/mol. The summed E-state index contributed by atoms with van der Waals surface area (Å²) in [6.45, 7) is 0. The second-order valence-electron chi connectivity index (χ2n) is 3.90. The predicted octanol–water partition coefficient (Wildman–Crippen LogP) is 3.19. The molecule has 0 bridgehead atoms. The second kappa shape index (κ2) is 5.98. The van der Waals surface area contributed by atoms with Crippen molar-refractivity contribution in [3.8, 4) is 0 Å². The number of nitrogens with one attached hydrogen (secondary N) is 1. The van der Waals surface area contributed by atoms with Crippen LogP contribution in [0.5, 0.6) is 0 Å². The smallest absolute Gasteiger partial charge is 0.154 e. The van der Waals surface area contributed by atoms with E-state index in [1.165, 1.54) is 5.56 Å². The molecule has 2 rings (SSSR count). The molecule has 88 valence electrons. The van der Waals surface area contributed by atoms with Crippen LogP contribution in [-0.2, 0) is 12.8 Å². The van der Waals surface area contributed by atoms with E-state index < -0.39 is 0 Å². The molecule has 0 atom stereocenters. The highest BCUT2D eigenvalue weighted by atomic mass is 32.1. The fraction of sp³-hybridized carbons (Fsp3) is 0.231. The highest BCUT2D eigenvalue weighted by Gasteiger charge is 2.02. The van der Waals surface area contributed by atoms with Gasteiger partial charge in [-0.3, -0.25) is 0 Å². The maximum atomic E-state index is 4.93. The van der Waals surface area contributed by atoms with E-state index in [0.717, 1.165) is 25.0 Å². The normalized spacial score (nSPS) is 10.4. The molecule has 17 heavy (non-hydrogen) atoms. The van der Waals surface area contributed by atoms with E-state index in [2.05, 4.69) is 46.9 Å². The molecule has 0 fully saturated rings. The van der Waals surface area contributed by atoms with Crippen molar-refractivity contribution in [2.24, 2.45) is 0 Å². The van der Waals surface area contributed by atoms with E-state index in [0.29, 0.717) is 10.0 Å². The SMILES string of the molecule is S=C(S)c1ncc(CCCc2ccccc2)[nH]1. The summed E-state index contributed by atoms with van der Waals surface area (Å²) in [6.07, 6.45) is 5.01. The van der Waals surface area contributed by atoms with E-state index in [4.69, 9.17) is 12.2 Å². The summed E-state index contributed by atoms with van der Waals surface area (Å²) < 4.78 is 0.513. The highest BCUT2D eigenvalue weighted by Crippen LogP contribution is 2.08. The lowest BCUT2D eigenvalue weighted by Gasteiger charge is -1.99. The number of thiol groups is 1. The lowest BCUT2D eigenvalue weighted by atomic mass is 10.1. The van der Waals surface area contributed by atoms with Gasteiger partial charge in [-0.25, -0.2) is 4.98 Å². The van der Waals surface area contributed by atoms with Gasteiger partial charge in [0.15, 0.2) is 5.82 Å². The first kappa shape index (κ1) is 12.3. The Labute approximate surface area is 112 Å². The van der Waals surface area contributed by atoms with Gasteiger partial charge in [-0.1, -0.05) is 42.5 Å². The van der Waals surface area contributed by atoms with Crippen LogP contribution >= 0.6 is 24.8 Å². The number of benzene rings is 1. The first-order valence-corrected chi connectivity index (χ1v) is 6.42. The van der Waals surface area contributed by atoms with E-state index in [-0.39, 0.29) is 0 Å². The molecule has 4 heteroatoms. The fourth-order valence-electron chi connectivity index (χ4n) is 1.72. The van der Waals surface area contributed by atoms with E-state index in [1.807, 2.05) is 12.3 Å². The maximum Gasteiger partial charge on any atom is 0.154 e. The van der Waals surface area contributed by atoms with E-state index >= 15 is 0 Å². The van der Waals surface area contributed by atoms with Crippen LogP contribution < -0.4 is 0 Å². The minimum absolute atomic E-state index is 0.513. The molecule has 2 aromatic rings. The summed E-state index contributed by atoms with van der Waals surface area (Å²) in [5.74, 6) is 0.693. The lowest BCUT2D eigenvalue weighted by Crippen LogP contribution is -1.93. The highest BCUT2D eigenvalue weighted by molar-refractivity contribution is 8.11. The molecule has 0 spiro atoms. The van der Waals surface area contributed by atoms with Crippen LogP contribution in [0, 0.1) is 0 Å². The molecular weight excluding hydrogens is 248 g/mol. The van der Waals surface area contributed by atoms with Crippen LogP contribution in [0.25, 0.3) is 0 Å². The zero-order valence-corrected chi connectivity index (χ0v) is 11.1. The van der Waals surface area contributed by atoms with Gasteiger partial charge in [-0.05, 0) is 24.8 Å². The number of aromatic amines is 1. The van der Waals surface area contributed by atoms with Crippen molar-refractivity contribution in [2.45, 2.75) is 19.3 Å². The Morgan fingerprint density at radius 3 is 2.65 bits per heavy atom. The molecule has 1 heterocycles. The lowest BCUT2D eigenvalue weighted by molar-refractivity contribution is 0.804. The van der Waals surface area contributed by atoms with E-state index in [9.17, 15) is 0 Å². The molecule has 0 aliphatic rings. The third-order valence-electron chi connectivity index (χ3n) is 2.59. The molecule has 0 saturated heterocycles. The summed E-state index contributed by atoms with van der Waals surface area (Å²) >= 11 is 9.02. The van der Waals surface area contributed by atoms with Crippen LogP contribution in [0.15, 0.2) is 36.5 Å². The third kappa shape index (κ3) is 3.68. The Bertz CT molecular complexity index is 491. The quantitative estimate of drug-likeness (QED) is 0.640. The Morgan fingerprint density at radius 2 is 2.00 bits per heavy atom. The molecule has 1 N–H and O–H groups in total. The molecule has 1 aromatic heterocycles. The van der Waals surface area contributed by atoms with Gasteiger partial charge in [0.25, 0.3) is 0 Å². The average Bonchev–Trinajstić information content (AvgIpc) is 2.79. The van der Waals surface area contributed by atoms with Crippen LogP contribution in [0.4, 0.5) is 0 Å². The largest absolute Gasteiger partial charge is 0.341 e. The standard InChI is InChI=1S/C13H14N2S2/c16-13(17)12-14-9-11(15-12)8-4-7-10-5-2-1-3-6-10/h1-3,5-6,9H,4,7-8H2,(H,14,15)(H,16,17). The summed E-state index contributed by atoms with van der Waals surface area (Å²) in [5.41, 5.74) is 2.49. The van der Waals surface area contributed by atoms with Crippen LogP contribution in [0.3, 0.4) is 0 Å². The monoisotopic (exact) mass is 262 g/mol. The van der Waals surface area contributed by atoms with Gasteiger partial charge >= 0.3 is 0 Å². The first-order valence-electron chi connectivity index (χ1n) is 5.57. The number of rotatable bonds is 5. The minimum Gasteiger partial charge on any atom is -0.341 e. The van der Waals surface area contributed by atoms with Crippen LogP contribution in [0.2, 0.25) is 0 Å². The Kier molecular flexibility index (Phi) is 4.34. The number of H-pyrrole nitrogens is 1. The number of nitrogens with zero attached hydrogens (tertiary/aromatic N) is 1. The molecule has 2 nitrogen and oxygen atoms in total. The van der Waals surface area contributed by atoms with Gasteiger partial charge in [-0.2, -0.15) is 0 Å². The Hall–Kier alpha value is -1.13. The molecule has 0 amide bonds. The Morgan fingerprint density at radius 1 is 1.24 bits per heavy atom. The van der Waals surface area contributed by atoms with Crippen molar-refractivity contribution in [3.05, 3.63) is 53.6 Å². The summed E-state index contributed by atoms with van der Waals surface area (Å²) in [6, 6.07) is 10.5. The molecule has 1 aromatic carbocycles. The fourth-order valence-corrected chi connectivity index (χ4v) is 1.94. The van der Waals surface area contributed by atoms with Gasteiger partial charge in [0.1, 0.15) is 4.20 Å². The van der Waals surface area contributed by atoms with Gasteiger partial charge in [-0.15, -0.1) is 12.6 Å². The molecule has 0 unspecified atom stereocenters. The van der Waals surface area contributed by atoms with Crippen molar-refractivity contribution in [2.75, 3.05) is 0 Å². The van der Waals surface area contributed by atoms with Crippen LogP contribution in [0.1, 0.15) is 23.5 Å². The summed E-state index contributed by atoms with van der Waals surface area (Å²) in [5, 5.41) is 0. The number of hydrogen-bond donors (Lipinski definition) is 2. The zero-order valence-electron chi connectivity index (χ0n) is 9.39. The number of aromatic nitrogens is 2. The molecule has 0 radical (unpaired) electrons. The maximum absolute atomic E-state index is 4.93. The van der Waals surface area contributed by atoms with Crippen molar-refractivity contribution in [1.29, 1.82) is 0 Å². The minimum atomic E-state index is 0.513. The van der Waals surface area contributed by atoms with Gasteiger partial charge in [0.05, 0.1) is 0 Å². The number of aryl methyl sites for hydroxylation is 2. The molecule has 0 aliphatic heterocycles. The third-order valence-corrected chi connectivity index (χ3v) is 2.99. The molecule has 0 aliphatic carbocycles. The summed E-state index contributed by atoms with van der Waals surface area (Å²) in [4.78, 5) is 7.34. The number of imidazole rings is 1. The molecular formula is C13H14N2S2. The first-order chi connectivity index (χ1) is 8.25. The predicted molar refractivity (Wildman–Crippen MR) is 77.7 cm³/mol. The van der Waals surface area contributed by atoms with Crippen LogP contribution in [-0.4, -0.2) is 14.2 Å². The van der Waals surface area contributed by atoms with Gasteiger partial charge < -0.3 is 4.98 Å². The topological polar surface area (TPSA) is 28.7 Å². The van der Waals surface area contributed by atoms with Gasteiger partial charge in [0.2, 0.25) is 0 Å². The van der Waals surface area contributed by atoms with Crippen molar-refractivity contribution in [1.82, 2.24) is 9.97 Å². The van der Waals surface area contributed by atoms with Crippen molar-refractivity contribution >= 4 is 29.0 Å². The van der Waals surface area contributed by atoms with Gasteiger partial charge in [0, 0.05) is 11.9 Å².